The highest BCUT2D eigenvalue weighted by Crippen LogP contribution is 2.25. The summed E-state index contributed by atoms with van der Waals surface area (Å²) < 4.78 is 7.64. The first-order valence-electron chi connectivity index (χ1n) is 5.43. The van der Waals surface area contributed by atoms with Gasteiger partial charge in [-0.1, -0.05) is 0 Å². The van der Waals surface area contributed by atoms with Crippen molar-refractivity contribution in [3.63, 3.8) is 0 Å². The Labute approximate surface area is 116 Å². The Bertz CT molecular complexity index is 753. The summed E-state index contributed by atoms with van der Waals surface area (Å²) in [6, 6.07) is 0. The van der Waals surface area contributed by atoms with Crippen LogP contribution in [0.5, 0.6) is 0 Å². The zero-order valence-electron chi connectivity index (χ0n) is 10.2. The molecule has 3 aromatic heterocycles. The molecule has 0 N–H and O–H groups in total. The summed E-state index contributed by atoms with van der Waals surface area (Å²) in [4.78, 5) is 15.5. The largest absolute Gasteiger partial charge is 0.468 e. The molecule has 3 rings (SSSR count). The summed E-state index contributed by atoms with van der Waals surface area (Å²) in [6.45, 7) is -0.0678. The second-order valence-electron chi connectivity index (χ2n) is 3.59. The number of hydrogen-bond acceptors (Lipinski definition) is 9. The van der Waals surface area contributed by atoms with Crippen molar-refractivity contribution in [2.45, 2.75) is 16.7 Å². The number of aromatic nitrogens is 8. The standard InChI is InChI=1S/C9H8N8O2S/c1-19-6(18)4-17-9(13-14-15-17)20-8-7-12-11-5-16(7)3-2-10-8/h2-3,5H,4H2,1H3. The number of carbonyl (C=O) groups excluding carboxylic acids is 1. The molecule has 0 unspecified atom stereocenters. The fourth-order valence-electron chi connectivity index (χ4n) is 1.45. The third kappa shape index (κ3) is 2.30. The Morgan fingerprint density at radius 1 is 1.45 bits per heavy atom. The molecule has 3 heterocycles. The molecule has 3 aromatic rings. The lowest BCUT2D eigenvalue weighted by molar-refractivity contribution is -0.141. The van der Waals surface area contributed by atoms with E-state index >= 15 is 0 Å². The van der Waals surface area contributed by atoms with Crippen molar-refractivity contribution in [3.05, 3.63) is 18.7 Å². The van der Waals surface area contributed by atoms with Gasteiger partial charge in [0.2, 0.25) is 5.16 Å². The third-order valence-electron chi connectivity index (χ3n) is 2.38. The van der Waals surface area contributed by atoms with Gasteiger partial charge in [0.1, 0.15) is 17.9 Å². The van der Waals surface area contributed by atoms with E-state index in [1.165, 1.54) is 23.6 Å². The third-order valence-corrected chi connectivity index (χ3v) is 3.33. The van der Waals surface area contributed by atoms with Crippen LogP contribution < -0.4 is 0 Å². The predicted octanol–water partition coefficient (Wildman–Crippen LogP) is -0.565. The van der Waals surface area contributed by atoms with Crippen molar-refractivity contribution >= 4 is 23.4 Å². The number of hydrogen-bond donors (Lipinski definition) is 0. The van der Waals surface area contributed by atoms with E-state index in [9.17, 15) is 4.79 Å². The van der Waals surface area contributed by atoms with E-state index in [1.807, 2.05) is 0 Å². The lowest BCUT2D eigenvalue weighted by Crippen LogP contribution is -2.13. The average molecular weight is 292 g/mol. The van der Waals surface area contributed by atoms with Crippen LogP contribution in [0.3, 0.4) is 0 Å². The molecular weight excluding hydrogens is 284 g/mol. The summed E-state index contributed by atoms with van der Waals surface area (Å²) >= 11 is 1.19. The molecule has 0 saturated carbocycles. The van der Waals surface area contributed by atoms with Gasteiger partial charge in [-0.25, -0.2) is 9.67 Å². The highest BCUT2D eigenvalue weighted by molar-refractivity contribution is 7.99. The summed E-state index contributed by atoms with van der Waals surface area (Å²) in [5.41, 5.74) is 0.588. The minimum atomic E-state index is -0.437. The predicted molar refractivity (Wildman–Crippen MR) is 64.7 cm³/mol. The Kier molecular flexibility index (Phi) is 3.25. The van der Waals surface area contributed by atoms with Crippen LogP contribution in [0.15, 0.2) is 28.9 Å². The molecule has 11 heteroatoms. The van der Waals surface area contributed by atoms with Gasteiger partial charge >= 0.3 is 5.97 Å². The highest BCUT2D eigenvalue weighted by atomic mass is 32.2. The van der Waals surface area contributed by atoms with Crippen molar-refractivity contribution in [2.24, 2.45) is 0 Å². The Balaban J connectivity index is 1.90. The normalized spacial score (nSPS) is 10.8. The van der Waals surface area contributed by atoms with Crippen LogP contribution in [0.1, 0.15) is 0 Å². The van der Waals surface area contributed by atoms with Crippen LogP contribution in [-0.4, -0.2) is 52.9 Å². The van der Waals surface area contributed by atoms with Crippen LogP contribution in [0.2, 0.25) is 0 Å². The Hall–Kier alpha value is -2.56. The minimum Gasteiger partial charge on any atom is -0.468 e. The fourth-order valence-corrected chi connectivity index (χ4v) is 2.26. The fraction of sp³-hybridized carbons (Fsp3) is 0.222. The van der Waals surface area contributed by atoms with E-state index in [2.05, 4.69) is 35.4 Å². The number of tetrazole rings is 1. The molecule has 0 saturated heterocycles. The molecule has 0 aliphatic carbocycles. The molecule has 0 aliphatic heterocycles. The lowest BCUT2D eigenvalue weighted by Gasteiger charge is -2.02. The number of methoxy groups -OCH3 is 1. The molecule has 0 radical (unpaired) electrons. The van der Waals surface area contributed by atoms with Crippen LogP contribution in [-0.2, 0) is 16.1 Å². The van der Waals surface area contributed by atoms with Crippen LogP contribution in [0.4, 0.5) is 0 Å². The molecule has 102 valence electrons. The Morgan fingerprint density at radius 2 is 2.35 bits per heavy atom. The topological polar surface area (TPSA) is 113 Å². The van der Waals surface area contributed by atoms with Crippen molar-refractivity contribution < 1.29 is 9.53 Å². The molecule has 0 aromatic carbocycles. The second-order valence-corrected chi connectivity index (χ2v) is 4.55. The van der Waals surface area contributed by atoms with Gasteiger partial charge in [0, 0.05) is 12.4 Å². The van der Waals surface area contributed by atoms with Crippen molar-refractivity contribution in [2.75, 3.05) is 7.11 Å². The molecule has 10 nitrogen and oxygen atoms in total. The van der Waals surface area contributed by atoms with Gasteiger partial charge < -0.3 is 4.74 Å². The number of carbonyl (C=O) groups is 1. The number of ether oxygens (including phenoxy) is 1. The van der Waals surface area contributed by atoms with Gasteiger partial charge in [-0.2, -0.15) is 0 Å². The van der Waals surface area contributed by atoms with Gasteiger partial charge in [0.25, 0.3) is 0 Å². The maximum absolute atomic E-state index is 11.3. The zero-order chi connectivity index (χ0) is 13.9. The van der Waals surface area contributed by atoms with Crippen molar-refractivity contribution in [1.29, 1.82) is 0 Å². The number of nitrogens with zero attached hydrogens (tertiary/aromatic N) is 8. The average Bonchev–Trinajstić information content (AvgIpc) is 3.09. The van der Waals surface area contributed by atoms with Gasteiger partial charge in [0.05, 0.1) is 7.11 Å². The van der Waals surface area contributed by atoms with Crippen LogP contribution in [0, 0.1) is 0 Å². The van der Waals surface area contributed by atoms with E-state index in [1.54, 1.807) is 23.1 Å². The SMILES string of the molecule is COC(=O)Cn1nnnc1Sc1nccn2cnnc12. The number of rotatable bonds is 4. The number of fused-ring (bicyclic) bond motifs is 1. The monoisotopic (exact) mass is 292 g/mol. The molecule has 0 atom stereocenters. The first-order valence-corrected chi connectivity index (χ1v) is 6.25. The molecular formula is C9H8N8O2S. The quantitative estimate of drug-likeness (QED) is 0.583. The molecule has 0 bridgehead atoms. The minimum absolute atomic E-state index is 0.0678. The van der Waals surface area contributed by atoms with Gasteiger partial charge in [-0.3, -0.25) is 9.20 Å². The van der Waals surface area contributed by atoms with Gasteiger partial charge in [-0.15, -0.1) is 15.3 Å². The second kappa shape index (κ2) is 5.21. The van der Waals surface area contributed by atoms with Gasteiger partial charge in [0.15, 0.2) is 5.65 Å². The van der Waals surface area contributed by atoms with E-state index in [4.69, 9.17) is 0 Å². The number of esters is 1. The molecule has 0 amide bonds. The van der Waals surface area contributed by atoms with Crippen molar-refractivity contribution in [1.82, 2.24) is 39.8 Å². The highest BCUT2D eigenvalue weighted by Gasteiger charge is 2.15. The maximum atomic E-state index is 11.3. The smallest absolute Gasteiger partial charge is 0.327 e. The van der Waals surface area contributed by atoms with Gasteiger partial charge in [-0.05, 0) is 22.2 Å². The lowest BCUT2D eigenvalue weighted by atomic mass is 10.7. The molecule has 0 spiro atoms. The van der Waals surface area contributed by atoms with Crippen molar-refractivity contribution in [3.8, 4) is 0 Å². The van der Waals surface area contributed by atoms with Crippen LogP contribution >= 0.6 is 11.8 Å². The Morgan fingerprint density at radius 3 is 3.20 bits per heavy atom. The molecule has 0 fully saturated rings. The first kappa shape index (κ1) is 12.5. The van der Waals surface area contributed by atoms with E-state index < -0.39 is 5.97 Å². The molecule has 0 aliphatic rings. The van der Waals surface area contributed by atoms with E-state index in [0.29, 0.717) is 15.8 Å². The summed E-state index contributed by atoms with van der Waals surface area (Å²) in [7, 11) is 1.30. The van der Waals surface area contributed by atoms with E-state index in [-0.39, 0.29) is 6.54 Å². The van der Waals surface area contributed by atoms with Crippen LogP contribution in [0.25, 0.3) is 5.65 Å². The summed E-state index contributed by atoms with van der Waals surface area (Å²) in [5.74, 6) is -0.437. The maximum Gasteiger partial charge on any atom is 0.327 e. The summed E-state index contributed by atoms with van der Waals surface area (Å²) in [5, 5.41) is 19.9. The first-order chi connectivity index (χ1) is 9.78. The molecule has 20 heavy (non-hydrogen) atoms. The summed E-state index contributed by atoms with van der Waals surface area (Å²) in [6.07, 6.45) is 4.92. The zero-order valence-corrected chi connectivity index (χ0v) is 11.1. The van der Waals surface area contributed by atoms with E-state index in [0.717, 1.165) is 0 Å².